The van der Waals surface area contributed by atoms with E-state index in [0.29, 0.717) is 30.8 Å². The van der Waals surface area contributed by atoms with Gasteiger partial charge in [0.05, 0.1) is 6.54 Å². The molecule has 0 saturated carbocycles. The van der Waals surface area contributed by atoms with E-state index in [2.05, 4.69) is 15.3 Å². The number of hydrogen-bond acceptors (Lipinski definition) is 5. The lowest BCUT2D eigenvalue weighted by Crippen LogP contribution is -2.44. The number of amides is 1. The predicted molar refractivity (Wildman–Crippen MR) is 105 cm³/mol. The Balaban J connectivity index is 1.44. The number of carbonyl (C=O) groups is 1. The molecule has 2 N–H and O–H groups in total. The van der Waals surface area contributed by atoms with E-state index in [4.69, 9.17) is 4.42 Å². The average molecular weight is 386 g/mol. The molecule has 1 aliphatic carbocycles. The number of nitrogens with zero attached hydrogens (tertiary/aromatic N) is 3. The van der Waals surface area contributed by atoms with Crippen LogP contribution in [0.15, 0.2) is 16.5 Å². The van der Waals surface area contributed by atoms with Crippen LogP contribution >= 0.6 is 0 Å². The number of aliphatic hydroxyl groups excluding tert-OH is 1. The highest BCUT2D eigenvalue weighted by atomic mass is 16.3. The summed E-state index contributed by atoms with van der Waals surface area (Å²) in [6, 6.07) is 4.24. The van der Waals surface area contributed by atoms with E-state index in [1.165, 1.54) is 5.69 Å². The lowest BCUT2D eigenvalue weighted by Gasteiger charge is -2.39. The Morgan fingerprint density at radius 1 is 1.32 bits per heavy atom. The van der Waals surface area contributed by atoms with Crippen LogP contribution in [-0.2, 0) is 26.4 Å². The number of fused-ring (bicyclic) bond motifs is 1. The van der Waals surface area contributed by atoms with Gasteiger partial charge in [-0.15, -0.1) is 0 Å². The van der Waals surface area contributed by atoms with Crippen LogP contribution < -0.4 is 5.32 Å². The largest absolute Gasteiger partial charge is 0.465 e. The summed E-state index contributed by atoms with van der Waals surface area (Å²) in [5.74, 6) is 1.90. The number of aliphatic hydroxyl groups is 1. The normalized spacial score (nSPS) is 20.9. The van der Waals surface area contributed by atoms with Gasteiger partial charge in [0, 0.05) is 31.0 Å². The maximum Gasteiger partial charge on any atom is 0.272 e. The van der Waals surface area contributed by atoms with Crippen LogP contribution in [0.25, 0.3) is 0 Å². The third-order valence-electron chi connectivity index (χ3n) is 6.29. The van der Waals surface area contributed by atoms with E-state index in [1.54, 1.807) is 0 Å². The fourth-order valence-electron chi connectivity index (χ4n) is 4.60. The lowest BCUT2D eigenvalue weighted by atomic mass is 9.88. The summed E-state index contributed by atoms with van der Waals surface area (Å²) < 4.78 is 7.41. The van der Waals surface area contributed by atoms with Gasteiger partial charge in [-0.25, -0.2) is 0 Å². The second-order valence-electron chi connectivity index (χ2n) is 8.15. The van der Waals surface area contributed by atoms with Crippen molar-refractivity contribution in [2.45, 2.75) is 51.6 Å². The van der Waals surface area contributed by atoms with Crippen LogP contribution in [-0.4, -0.2) is 51.4 Å². The Morgan fingerprint density at radius 2 is 2.11 bits per heavy atom. The van der Waals surface area contributed by atoms with E-state index in [1.807, 2.05) is 30.8 Å². The van der Waals surface area contributed by atoms with Crippen molar-refractivity contribution < 1.29 is 14.3 Å². The lowest BCUT2D eigenvalue weighted by molar-refractivity contribution is 0.0915. The number of aryl methyl sites for hydroxylation is 2. The van der Waals surface area contributed by atoms with Crippen LogP contribution in [0.4, 0.5) is 0 Å². The predicted octanol–water partition coefficient (Wildman–Crippen LogP) is 1.81. The highest BCUT2D eigenvalue weighted by Crippen LogP contribution is 2.29. The molecular formula is C21H30N4O3. The quantitative estimate of drug-likeness (QED) is 0.819. The second-order valence-corrected chi connectivity index (χ2v) is 8.15. The Kier molecular flexibility index (Phi) is 5.55. The number of nitrogens with one attached hydrogen (secondary N) is 1. The fourth-order valence-corrected chi connectivity index (χ4v) is 4.60. The smallest absolute Gasteiger partial charge is 0.272 e. The third kappa shape index (κ3) is 3.86. The molecule has 28 heavy (non-hydrogen) atoms. The van der Waals surface area contributed by atoms with Gasteiger partial charge < -0.3 is 19.7 Å². The van der Waals surface area contributed by atoms with Crippen LogP contribution in [0.1, 0.15) is 52.5 Å². The van der Waals surface area contributed by atoms with Crippen molar-refractivity contribution in [3.8, 4) is 0 Å². The first kappa shape index (κ1) is 19.2. The van der Waals surface area contributed by atoms with E-state index in [-0.39, 0.29) is 5.91 Å². The Hall–Kier alpha value is -2.12. The standard InChI is InChI=1S/C21H30N4O3/c1-14-3-5-17(28-14)12-22-21(27)20-18-11-16(4-6-19(18)24(2)23-20)25-9-7-15(13-26)8-10-25/h3,5,15-16,26H,4,6-13H2,1-2H3,(H,22,27)/t16-/m1/s1. The molecule has 3 heterocycles. The Morgan fingerprint density at radius 3 is 2.79 bits per heavy atom. The van der Waals surface area contributed by atoms with Crippen LogP contribution in [0, 0.1) is 12.8 Å². The van der Waals surface area contributed by atoms with Crippen LogP contribution in [0.3, 0.4) is 0 Å². The van der Waals surface area contributed by atoms with E-state index < -0.39 is 0 Å². The highest BCUT2D eigenvalue weighted by Gasteiger charge is 2.32. The summed E-state index contributed by atoms with van der Waals surface area (Å²) in [4.78, 5) is 15.3. The molecular weight excluding hydrogens is 356 g/mol. The molecule has 152 valence electrons. The molecule has 2 aromatic rings. The molecule has 0 unspecified atom stereocenters. The molecule has 0 radical (unpaired) electrons. The Labute approximate surface area is 165 Å². The van der Waals surface area contributed by atoms with Gasteiger partial charge in [0.1, 0.15) is 11.5 Å². The average Bonchev–Trinajstić information content (AvgIpc) is 3.29. The summed E-state index contributed by atoms with van der Waals surface area (Å²) in [5, 5.41) is 16.9. The fraction of sp³-hybridized carbons (Fsp3) is 0.619. The molecule has 1 saturated heterocycles. The minimum absolute atomic E-state index is 0.134. The molecule has 1 amide bonds. The summed E-state index contributed by atoms with van der Waals surface area (Å²) in [5.41, 5.74) is 2.83. The zero-order valence-corrected chi connectivity index (χ0v) is 16.8. The SMILES string of the molecule is Cc1ccc(CNC(=O)c2nn(C)c3c2C[C@H](N2CCC(CO)CC2)CC3)o1. The van der Waals surface area contributed by atoms with Crippen molar-refractivity contribution >= 4 is 5.91 Å². The van der Waals surface area contributed by atoms with Gasteiger partial charge in [0.2, 0.25) is 0 Å². The zero-order valence-electron chi connectivity index (χ0n) is 16.8. The minimum Gasteiger partial charge on any atom is -0.465 e. The van der Waals surface area contributed by atoms with Crippen molar-refractivity contribution in [2.24, 2.45) is 13.0 Å². The van der Waals surface area contributed by atoms with Gasteiger partial charge in [0.25, 0.3) is 5.91 Å². The van der Waals surface area contributed by atoms with Crippen molar-refractivity contribution in [2.75, 3.05) is 19.7 Å². The number of aromatic nitrogens is 2. The second kappa shape index (κ2) is 8.09. The maximum absolute atomic E-state index is 12.8. The molecule has 0 spiro atoms. The van der Waals surface area contributed by atoms with Gasteiger partial charge in [-0.2, -0.15) is 5.10 Å². The van der Waals surface area contributed by atoms with E-state index >= 15 is 0 Å². The number of hydrogen-bond donors (Lipinski definition) is 2. The molecule has 7 heteroatoms. The van der Waals surface area contributed by atoms with E-state index in [0.717, 1.165) is 62.3 Å². The topological polar surface area (TPSA) is 83.5 Å². The molecule has 2 aromatic heterocycles. The monoisotopic (exact) mass is 386 g/mol. The maximum atomic E-state index is 12.8. The first-order valence-corrected chi connectivity index (χ1v) is 10.3. The van der Waals surface area contributed by atoms with Crippen molar-refractivity contribution in [3.05, 3.63) is 40.6 Å². The third-order valence-corrected chi connectivity index (χ3v) is 6.29. The van der Waals surface area contributed by atoms with Gasteiger partial charge in [-0.3, -0.25) is 9.48 Å². The molecule has 1 aliphatic heterocycles. The summed E-state index contributed by atoms with van der Waals surface area (Å²) in [6.07, 6.45) is 5.04. The number of carbonyl (C=O) groups excluding carboxylic acids is 1. The Bertz CT molecular complexity index is 833. The molecule has 0 aromatic carbocycles. The number of furan rings is 1. The molecule has 1 fully saturated rings. The molecule has 1 atom stereocenters. The zero-order chi connectivity index (χ0) is 19.7. The van der Waals surface area contributed by atoms with Crippen LogP contribution in [0.5, 0.6) is 0 Å². The minimum atomic E-state index is -0.134. The summed E-state index contributed by atoms with van der Waals surface area (Å²) in [7, 11) is 1.93. The van der Waals surface area contributed by atoms with Gasteiger partial charge in [-0.1, -0.05) is 0 Å². The number of likely N-dealkylation sites (tertiary alicyclic amines) is 1. The number of rotatable bonds is 5. The van der Waals surface area contributed by atoms with Gasteiger partial charge in [0.15, 0.2) is 5.69 Å². The van der Waals surface area contributed by atoms with Crippen LogP contribution in [0.2, 0.25) is 0 Å². The summed E-state index contributed by atoms with van der Waals surface area (Å²) in [6.45, 7) is 4.63. The molecule has 2 aliphatic rings. The number of piperidine rings is 1. The first-order chi connectivity index (χ1) is 13.5. The highest BCUT2D eigenvalue weighted by molar-refractivity contribution is 5.94. The van der Waals surface area contributed by atoms with Gasteiger partial charge >= 0.3 is 0 Å². The van der Waals surface area contributed by atoms with Crippen molar-refractivity contribution in [3.63, 3.8) is 0 Å². The van der Waals surface area contributed by atoms with Gasteiger partial charge in [-0.05, 0) is 70.2 Å². The first-order valence-electron chi connectivity index (χ1n) is 10.3. The van der Waals surface area contributed by atoms with Crippen molar-refractivity contribution in [1.29, 1.82) is 0 Å². The molecule has 7 nitrogen and oxygen atoms in total. The summed E-state index contributed by atoms with van der Waals surface area (Å²) >= 11 is 0. The molecule has 0 bridgehead atoms. The van der Waals surface area contributed by atoms with E-state index in [9.17, 15) is 9.90 Å². The molecule has 4 rings (SSSR count). The van der Waals surface area contributed by atoms with Crippen molar-refractivity contribution in [1.82, 2.24) is 20.0 Å².